The van der Waals surface area contributed by atoms with Crippen LogP contribution in [0.3, 0.4) is 0 Å². The zero-order chi connectivity index (χ0) is 14.9. The third kappa shape index (κ3) is 3.14. The van der Waals surface area contributed by atoms with Crippen molar-refractivity contribution >= 4 is 11.8 Å². The number of hydrogen-bond acceptors (Lipinski definition) is 3. The molecule has 2 aliphatic heterocycles. The fourth-order valence-electron chi connectivity index (χ4n) is 2.97. The van der Waals surface area contributed by atoms with Crippen molar-refractivity contribution in [1.29, 1.82) is 0 Å². The van der Waals surface area contributed by atoms with Gasteiger partial charge in [0.05, 0.1) is 6.61 Å². The van der Waals surface area contributed by atoms with Crippen molar-refractivity contribution in [3.8, 4) is 0 Å². The highest BCUT2D eigenvalue weighted by Crippen LogP contribution is 2.27. The number of amides is 2. The first kappa shape index (κ1) is 15.3. The van der Waals surface area contributed by atoms with Gasteiger partial charge >= 0.3 is 0 Å². The van der Waals surface area contributed by atoms with Crippen LogP contribution in [0.5, 0.6) is 0 Å². The van der Waals surface area contributed by atoms with Crippen LogP contribution in [0.15, 0.2) is 0 Å². The number of nitrogens with one attached hydrogen (secondary N) is 1. The van der Waals surface area contributed by atoms with Crippen molar-refractivity contribution in [2.24, 2.45) is 11.3 Å². The monoisotopic (exact) mass is 282 g/mol. The van der Waals surface area contributed by atoms with Gasteiger partial charge in [-0.1, -0.05) is 20.8 Å². The lowest BCUT2D eigenvalue weighted by Crippen LogP contribution is -2.54. The van der Waals surface area contributed by atoms with Crippen molar-refractivity contribution in [2.45, 2.75) is 52.6 Å². The zero-order valence-corrected chi connectivity index (χ0v) is 12.9. The fourth-order valence-corrected chi connectivity index (χ4v) is 2.97. The second kappa shape index (κ2) is 5.72. The molecule has 0 aromatic heterocycles. The zero-order valence-electron chi connectivity index (χ0n) is 12.9. The lowest BCUT2D eigenvalue weighted by molar-refractivity contribution is -0.139. The summed E-state index contributed by atoms with van der Waals surface area (Å²) in [5.41, 5.74) is -0.277. The highest BCUT2D eigenvalue weighted by atomic mass is 16.5. The van der Waals surface area contributed by atoms with Crippen LogP contribution in [0, 0.1) is 11.3 Å². The van der Waals surface area contributed by atoms with Gasteiger partial charge in [0.2, 0.25) is 11.8 Å². The molecule has 3 unspecified atom stereocenters. The summed E-state index contributed by atoms with van der Waals surface area (Å²) in [4.78, 5) is 26.5. The van der Waals surface area contributed by atoms with Crippen molar-refractivity contribution in [2.75, 3.05) is 19.8 Å². The van der Waals surface area contributed by atoms with Crippen molar-refractivity contribution < 1.29 is 14.3 Å². The quantitative estimate of drug-likeness (QED) is 0.827. The van der Waals surface area contributed by atoms with Crippen LogP contribution < -0.4 is 5.32 Å². The molecule has 3 atom stereocenters. The molecule has 5 heteroatoms. The number of hydrogen-bond donors (Lipinski definition) is 1. The van der Waals surface area contributed by atoms with E-state index < -0.39 is 6.04 Å². The Bertz CT molecular complexity index is 383. The molecule has 2 aliphatic rings. The maximum absolute atomic E-state index is 12.8. The molecule has 20 heavy (non-hydrogen) atoms. The molecule has 114 valence electrons. The Hall–Kier alpha value is -1.10. The average molecular weight is 282 g/mol. The Morgan fingerprint density at radius 3 is 2.60 bits per heavy atom. The molecule has 0 aromatic rings. The van der Waals surface area contributed by atoms with E-state index in [2.05, 4.69) is 12.2 Å². The molecule has 0 saturated carbocycles. The van der Waals surface area contributed by atoms with Crippen molar-refractivity contribution in [3.63, 3.8) is 0 Å². The fraction of sp³-hybridized carbons (Fsp3) is 0.867. The number of nitrogens with zero attached hydrogens (tertiary/aromatic N) is 1. The van der Waals surface area contributed by atoms with Crippen LogP contribution in [-0.2, 0) is 14.3 Å². The van der Waals surface area contributed by atoms with E-state index in [1.807, 2.05) is 25.7 Å². The molecule has 1 N–H and O–H groups in total. The van der Waals surface area contributed by atoms with Crippen molar-refractivity contribution in [3.05, 3.63) is 0 Å². The van der Waals surface area contributed by atoms with Crippen LogP contribution in [-0.4, -0.2) is 48.6 Å². The summed E-state index contributed by atoms with van der Waals surface area (Å²) in [5, 5.41) is 2.88. The highest BCUT2D eigenvalue weighted by molar-refractivity contribution is 5.90. The molecule has 0 bridgehead atoms. The molecule has 2 saturated heterocycles. The van der Waals surface area contributed by atoms with E-state index in [4.69, 9.17) is 4.74 Å². The van der Waals surface area contributed by atoms with Crippen molar-refractivity contribution in [1.82, 2.24) is 10.2 Å². The van der Waals surface area contributed by atoms with Gasteiger partial charge in [-0.05, 0) is 18.8 Å². The van der Waals surface area contributed by atoms with Crippen LogP contribution in [0.1, 0.15) is 40.5 Å². The first-order chi connectivity index (χ1) is 9.30. The summed E-state index contributed by atoms with van der Waals surface area (Å²) >= 11 is 0. The minimum atomic E-state index is -0.442. The van der Waals surface area contributed by atoms with E-state index in [0.29, 0.717) is 25.5 Å². The number of rotatable bonds is 2. The summed E-state index contributed by atoms with van der Waals surface area (Å²) in [6.07, 6.45) is 1.38. The Balaban J connectivity index is 2.18. The van der Waals surface area contributed by atoms with Crippen LogP contribution in [0.2, 0.25) is 0 Å². The molecule has 0 spiro atoms. The lowest BCUT2D eigenvalue weighted by atomic mass is 9.85. The summed E-state index contributed by atoms with van der Waals surface area (Å²) in [6.45, 7) is 10.0. The molecular formula is C15H26N2O3. The van der Waals surface area contributed by atoms with Crippen LogP contribution in [0.25, 0.3) is 0 Å². The van der Waals surface area contributed by atoms with E-state index in [1.165, 1.54) is 0 Å². The molecule has 2 fully saturated rings. The Kier molecular flexibility index (Phi) is 4.37. The van der Waals surface area contributed by atoms with Gasteiger partial charge in [0, 0.05) is 31.5 Å². The van der Waals surface area contributed by atoms with Gasteiger partial charge in [0.1, 0.15) is 6.04 Å². The molecule has 0 radical (unpaired) electrons. The first-order valence-corrected chi connectivity index (χ1v) is 7.48. The molecule has 0 aliphatic carbocycles. The van der Waals surface area contributed by atoms with Gasteiger partial charge in [-0.2, -0.15) is 0 Å². The topological polar surface area (TPSA) is 58.6 Å². The Morgan fingerprint density at radius 1 is 1.35 bits per heavy atom. The largest absolute Gasteiger partial charge is 0.381 e. The minimum absolute atomic E-state index is 0.0318. The van der Waals surface area contributed by atoms with Gasteiger partial charge in [0.15, 0.2) is 0 Å². The maximum atomic E-state index is 12.8. The minimum Gasteiger partial charge on any atom is -0.381 e. The van der Waals surface area contributed by atoms with E-state index >= 15 is 0 Å². The molecule has 0 aromatic carbocycles. The third-order valence-electron chi connectivity index (χ3n) is 4.42. The van der Waals surface area contributed by atoms with E-state index in [-0.39, 0.29) is 23.3 Å². The standard InChI is InChI=1S/C15H26N2O3/c1-10(11-6-8-20-9-11)17-7-5-12(18)16-13(14(17)19)15(2,3)4/h10-11,13H,5-9H2,1-4H3,(H,16,18). The van der Waals surface area contributed by atoms with Gasteiger partial charge in [-0.3, -0.25) is 9.59 Å². The van der Waals surface area contributed by atoms with E-state index in [1.54, 1.807) is 0 Å². The van der Waals surface area contributed by atoms with Gasteiger partial charge in [-0.15, -0.1) is 0 Å². The molecule has 2 amide bonds. The predicted molar refractivity (Wildman–Crippen MR) is 76.1 cm³/mol. The highest BCUT2D eigenvalue weighted by Gasteiger charge is 2.41. The summed E-state index contributed by atoms with van der Waals surface area (Å²) in [7, 11) is 0. The molecular weight excluding hydrogens is 256 g/mol. The maximum Gasteiger partial charge on any atom is 0.245 e. The number of ether oxygens (including phenoxy) is 1. The SMILES string of the molecule is CC(C1CCOC1)N1CCC(=O)NC(C(C)(C)C)C1=O. The molecule has 2 rings (SSSR count). The summed E-state index contributed by atoms with van der Waals surface area (Å²) < 4.78 is 5.43. The van der Waals surface area contributed by atoms with Gasteiger partial charge in [0.25, 0.3) is 0 Å². The van der Waals surface area contributed by atoms with Gasteiger partial charge < -0.3 is 15.0 Å². The van der Waals surface area contributed by atoms with E-state index in [9.17, 15) is 9.59 Å². The molecule has 5 nitrogen and oxygen atoms in total. The second-order valence-electron chi connectivity index (χ2n) is 7.01. The molecule has 2 heterocycles. The summed E-state index contributed by atoms with van der Waals surface area (Å²) in [5.74, 6) is 0.395. The number of carbonyl (C=O) groups excluding carboxylic acids is 2. The smallest absolute Gasteiger partial charge is 0.245 e. The van der Waals surface area contributed by atoms with Gasteiger partial charge in [-0.25, -0.2) is 0 Å². The lowest BCUT2D eigenvalue weighted by Gasteiger charge is -2.36. The first-order valence-electron chi connectivity index (χ1n) is 7.48. The summed E-state index contributed by atoms with van der Waals surface area (Å²) in [6, 6.07) is -0.315. The number of carbonyl (C=O) groups is 2. The van der Waals surface area contributed by atoms with Crippen LogP contribution in [0.4, 0.5) is 0 Å². The van der Waals surface area contributed by atoms with Crippen LogP contribution >= 0.6 is 0 Å². The third-order valence-corrected chi connectivity index (χ3v) is 4.42. The Morgan fingerprint density at radius 2 is 2.05 bits per heavy atom. The Labute approximate surface area is 121 Å². The normalized spacial score (nSPS) is 30.1. The van der Waals surface area contributed by atoms with E-state index in [0.717, 1.165) is 13.0 Å². The average Bonchev–Trinajstić information content (AvgIpc) is 2.83. The predicted octanol–water partition coefficient (Wildman–Crippen LogP) is 1.17. The second-order valence-corrected chi connectivity index (χ2v) is 7.01.